The zero-order chi connectivity index (χ0) is 21.8. The third kappa shape index (κ3) is 4.59. The average Bonchev–Trinajstić information content (AvgIpc) is 2.79. The summed E-state index contributed by atoms with van der Waals surface area (Å²) in [6.07, 6.45) is 0. The Hall–Kier alpha value is -4.46. The van der Waals surface area contributed by atoms with Crippen LogP contribution >= 0.6 is 0 Å². The van der Waals surface area contributed by atoms with Crippen molar-refractivity contribution in [2.24, 2.45) is 0 Å². The first-order chi connectivity index (χ1) is 15.0. The van der Waals surface area contributed by atoms with E-state index in [1.54, 1.807) is 31.4 Å². The number of anilines is 1. The Bertz CT molecular complexity index is 1210. The molecular weight excluding hydrogens is 396 g/mol. The lowest BCUT2D eigenvalue weighted by atomic mass is 10.1. The summed E-state index contributed by atoms with van der Waals surface area (Å²) in [6, 6.07) is 22.6. The van der Waals surface area contributed by atoms with Crippen molar-refractivity contribution in [2.75, 3.05) is 12.8 Å². The molecule has 0 saturated heterocycles. The maximum Gasteiger partial charge on any atom is 0.269 e. The molecule has 8 heteroatoms. The van der Waals surface area contributed by atoms with Crippen LogP contribution in [-0.2, 0) is 0 Å². The maximum atomic E-state index is 10.7. The first-order valence-corrected chi connectivity index (χ1v) is 9.33. The molecule has 0 aliphatic carbocycles. The van der Waals surface area contributed by atoms with Crippen LogP contribution in [0.25, 0.3) is 22.5 Å². The second-order valence-corrected chi connectivity index (χ2v) is 6.60. The van der Waals surface area contributed by atoms with Gasteiger partial charge in [0.2, 0.25) is 5.95 Å². The van der Waals surface area contributed by atoms with Crippen LogP contribution in [-0.4, -0.2) is 22.0 Å². The Morgan fingerprint density at radius 1 is 0.774 bits per heavy atom. The van der Waals surface area contributed by atoms with E-state index in [0.717, 1.165) is 16.9 Å². The van der Waals surface area contributed by atoms with Crippen molar-refractivity contribution in [1.29, 1.82) is 0 Å². The van der Waals surface area contributed by atoms with Gasteiger partial charge in [-0.05, 0) is 66.7 Å². The number of aromatic nitrogens is 2. The average molecular weight is 414 g/mol. The third-order valence-electron chi connectivity index (χ3n) is 4.56. The van der Waals surface area contributed by atoms with E-state index in [-0.39, 0.29) is 11.6 Å². The molecule has 2 N–H and O–H groups in total. The van der Waals surface area contributed by atoms with Crippen LogP contribution in [0.2, 0.25) is 0 Å². The number of rotatable bonds is 6. The molecule has 31 heavy (non-hydrogen) atoms. The van der Waals surface area contributed by atoms with E-state index in [1.807, 2.05) is 42.5 Å². The molecule has 0 aliphatic rings. The fourth-order valence-corrected chi connectivity index (χ4v) is 2.99. The van der Waals surface area contributed by atoms with Gasteiger partial charge in [-0.3, -0.25) is 10.1 Å². The number of benzene rings is 3. The third-order valence-corrected chi connectivity index (χ3v) is 4.56. The van der Waals surface area contributed by atoms with E-state index < -0.39 is 4.92 Å². The summed E-state index contributed by atoms with van der Waals surface area (Å²) in [5.74, 6) is 2.03. The van der Waals surface area contributed by atoms with Crippen LogP contribution in [0.5, 0.6) is 17.2 Å². The lowest BCUT2D eigenvalue weighted by Crippen LogP contribution is -1.98. The summed E-state index contributed by atoms with van der Waals surface area (Å²) in [5.41, 5.74) is 9.08. The molecule has 0 bridgehead atoms. The standard InChI is InChI=1S/C23H18N4O4/c1-30-18-8-2-15(3-9-18)21-14-22(26-23(24)25-21)16-4-10-19(11-5-16)31-20-12-6-17(7-13-20)27(28)29/h2-14H,1H3,(H2,24,25,26). The van der Waals surface area contributed by atoms with Crippen LogP contribution in [0.4, 0.5) is 11.6 Å². The van der Waals surface area contributed by atoms with Crippen molar-refractivity contribution in [3.63, 3.8) is 0 Å². The van der Waals surface area contributed by atoms with Gasteiger partial charge >= 0.3 is 0 Å². The molecule has 1 heterocycles. The van der Waals surface area contributed by atoms with Crippen LogP contribution in [0.1, 0.15) is 0 Å². The lowest BCUT2D eigenvalue weighted by Gasteiger charge is -2.09. The number of nitro benzene ring substituents is 1. The summed E-state index contributed by atoms with van der Waals surface area (Å²) in [5, 5.41) is 10.7. The second kappa shape index (κ2) is 8.50. The quantitative estimate of drug-likeness (QED) is 0.345. The van der Waals surface area contributed by atoms with Crippen molar-refractivity contribution in [2.45, 2.75) is 0 Å². The van der Waals surface area contributed by atoms with E-state index in [2.05, 4.69) is 9.97 Å². The van der Waals surface area contributed by atoms with Gasteiger partial charge in [-0.15, -0.1) is 0 Å². The predicted octanol–water partition coefficient (Wildman–Crippen LogP) is 5.10. The highest BCUT2D eigenvalue weighted by molar-refractivity contribution is 5.70. The Labute approximate surface area is 178 Å². The van der Waals surface area contributed by atoms with Gasteiger partial charge < -0.3 is 15.2 Å². The van der Waals surface area contributed by atoms with Crippen LogP contribution in [0, 0.1) is 10.1 Å². The van der Waals surface area contributed by atoms with Gasteiger partial charge in [-0.25, -0.2) is 9.97 Å². The molecule has 0 spiro atoms. The number of nitrogen functional groups attached to an aromatic ring is 1. The molecule has 0 amide bonds. The monoisotopic (exact) mass is 414 g/mol. The van der Waals surface area contributed by atoms with Gasteiger partial charge in [0.25, 0.3) is 5.69 Å². The molecule has 0 saturated carbocycles. The second-order valence-electron chi connectivity index (χ2n) is 6.60. The Morgan fingerprint density at radius 3 is 1.68 bits per heavy atom. The molecule has 1 aromatic heterocycles. The van der Waals surface area contributed by atoms with Gasteiger partial charge in [0.1, 0.15) is 17.2 Å². The minimum Gasteiger partial charge on any atom is -0.497 e. The van der Waals surface area contributed by atoms with Crippen molar-refractivity contribution in [1.82, 2.24) is 9.97 Å². The van der Waals surface area contributed by atoms with E-state index in [9.17, 15) is 10.1 Å². The molecule has 154 valence electrons. The molecule has 0 atom stereocenters. The summed E-state index contributed by atoms with van der Waals surface area (Å²) in [7, 11) is 1.62. The number of ether oxygens (including phenoxy) is 2. The van der Waals surface area contributed by atoms with Gasteiger partial charge in [0.15, 0.2) is 0 Å². The van der Waals surface area contributed by atoms with Crippen LogP contribution < -0.4 is 15.2 Å². The minimum atomic E-state index is -0.452. The number of methoxy groups -OCH3 is 1. The lowest BCUT2D eigenvalue weighted by molar-refractivity contribution is -0.384. The van der Waals surface area contributed by atoms with E-state index in [1.165, 1.54) is 12.1 Å². The van der Waals surface area contributed by atoms with E-state index >= 15 is 0 Å². The highest BCUT2D eigenvalue weighted by Crippen LogP contribution is 2.29. The fourth-order valence-electron chi connectivity index (χ4n) is 2.99. The van der Waals surface area contributed by atoms with Gasteiger partial charge in [-0.1, -0.05) is 0 Å². The molecule has 3 aromatic carbocycles. The van der Waals surface area contributed by atoms with Crippen LogP contribution in [0.15, 0.2) is 78.9 Å². The van der Waals surface area contributed by atoms with Gasteiger partial charge in [0, 0.05) is 23.3 Å². The molecule has 0 aliphatic heterocycles. The molecule has 8 nitrogen and oxygen atoms in total. The maximum absolute atomic E-state index is 10.7. The van der Waals surface area contributed by atoms with Crippen molar-refractivity contribution in [3.8, 4) is 39.8 Å². The number of non-ortho nitro benzene ring substituents is 1. The SMILES string of the molecule is COc1ccc(-c2cc(-c3ccc(Oc4ccc([N+](=O)[O-])cc4)cc3)nc(N)n2)cc1. The largest absolute Gasteiger partial charge is 0.497 e. The summed E-state index contributed by atoms with van der Waals surface area (Å²) >= 11 is 0. The van der Waals surface area contributed by atoms with Gasteiger partial charge in [0.05, 0.1) is 23.4 Å². The number of hydrogen-bond acceptors (Lipinski definition) is 7. The van der Waals surface area contributed by atoms with Crippen LogP contribution in [0.3, 0.4) is 0 Å². The fraction of sp³-hybridized carbons (Fsp3) is 0.0435. The highest BCUT2D eigenvalue weighted by Gasteiger charge is 2.09. The van der Waals surface area contributed by atoms with Crippen molar-refractivity contribution >= 4 is 11.6 Å². The zero-order valence-electron chi connectivity index (χ0n) is 16.6. The Morgan fingerprint density at radius 2 is 1.23 bits per heavy atom. The first kappa shape index (κ1) is 19.8. The highest BCUT2D eigenvalue weighted by atomic mass is 16.6. The molecule has 0 unspecified atom stereocenters. The smallest absolute Gasteiger partial charge is 0.269 e. The van der Waals surface area contributed by atoms with Crippen molar-refractivity contribution in [3.05, 3.63) is 89.0 Å². The number of hydrogen-bond donors (Lipinski definition) is 1. The topological polar surface area (TPSA) is 113 Å². The minimum absolute atomic E-state index is 0.0108. The summed E-state index contributed by atoms with van der Waals surface area (Å²) < 4.78 is 10.9. The molecule has 0 fully saturated rings. The van der Waals surface area contributed by atoms with E-state index in [4.69, 9.17) is 15.2 Å². The van der Waals surface area contributed by atoms with E-state index in [0.29, 0.717) is 22.9 Å². The molecule has 4 aromatic rings. The molecule has 4 rings (SSSR count). The Balaban J connectivity index is 1.55. The zero-order valence-corrected chi connectivity index (χ0v) is 16.6. The summed E-state index contributed by atoms with van der Waals surface area (Å²) in [4.78, 5) is 19.0. The van der Waals surface area contributed by atoms with Crippen molar-refractivity contribution < 1.29 is 14.4 Å². The number of nitrogens with zero attached hydrogens (tertiary/aromatic N) is 3. The predicted molar refractivity (Wildman–Crippen MR) is 117 cm³/mol. The van der Waals surface area contributed by atoms with Gasteiger partial charge in [-0.2, -0.15) is 0 Å². The number of nitrogens with two attached hydrogens (primary N) is 1. The molecular formula is C23H18N4O4. The normalized spacial score (nSPS) is 10.5. The Kier molecular flexibility index (Phi) is 5.44. The molecule has 0 radical (unpaired) electrons. The summed E-state index contributed by atoms with van der Waals surface area (Å²) in [6.45, 7) is 0. The number of nitro groups is 1. The first-order valence-electron chi connectivity index (χ1n) is 9.33.